The molecule has 4 rings (SSSR count). The molecule has 0 fully saturated rings. The molecule has 0 spiro atoms. The molecule has 4 aromatic rings. The smallest absolute Gasteiger partial charge is 0.294 e. The van der Waals surface area contributed by atoms with E-state index in [4.69, 9.17) is 0 Å². The Hall–Kier alpha value is -4.60. The van der Waals surface area contributed by atoms with Crippen LogP contribution in [0.4, 0.5) is 0 Å². The van der Waals surface area contributed by atoms with Crippen molar-refractivity contribution in [3.8, 4) is 11.4 Å². The number of aromatic hydroxyl groups is 1. The maximum atomic E-state index is 12.7. The third-order valence-electron chi connectivity index (χ3n) is 5.02. The van der Waals surface area contributed by atoms with Crippen LogP contribution in [0.25, 0.3) is 16.6 Å². The second-order valence-electron chi connectivity index (χ2n) is 7.40. The fraction of sp³-hybridized carbons (Fsp3) is 0.130. The molecule has 33 heavy (non-hydrogen) atoms. The third kappa shape index (κ3) is 4.85. The van der Waals surface area contributed by atoms with Crippen molar-refractivity contribution in [2.45, 2.75) is 19.4 Å². The minimum Gasteiger partial charge on any atom is -0.504 e. The number of hydrogen-bond acceptors (Lipinski definition) is 5. The average molecular weight is 446 g/mol. The van der Waals surface area contributed by atoms with Gasteiger partial charge in [-0.05, 0) is 23.8 Å². The number of para-hydroxylation sites is 2. The lowest BCUT2D eigenvalue weighted by Crippen LogP contribution is -2.52. The zero-order valence-corrected chi connectivity index (χ0v) is 17.7. The van der Waals surface area contributed by atoms with Crippen molar-refractivity contribution >= 4 is 28.6 Å². The zero-order chi connectivity index (χ0) is 23.4. The molecule has 0 unspecified atom stereocenters. The summed E-state index contributed by atoms with van der Waals surface area (Å²) in [6.07, 6.45) is 3.28. The molecule has 10 nitrogen and oxygen atoms in total. The van der Waals surface area contributed by atoms with Crippen LogP contribution in [0.1, 0.15) is 23.0 Å². The Bertz CT molecular complexity index is 1310. The standard InChI is InChI=1S/C23H22N6O4/c1-14(30)25-19(11-15-12-24-18-10-6-5-9-17(15)18)22(32)26-27-23(33)21-20(31)13-29(28-21)16-7-3-2-4-8-16/h2-10,12-13,19,24,31H,11H2,1H3,(H,25,30)(H,26,32)(H,27,33)/t19-/m0/s1. The molecule has 0 saturated heterocycles. The molecule has 0 aliphatic heterocycles. The fourth-order valence-electron chi connectivity index (χ4n) is 3.48. The quantitative estimate of drug-likeness (QED) is 0.286. The number of nitrogens with zero attached hydrogens (tertiary/aromatic N) is 2. The van der Waals surface area contributed by atoms with E-state index in [1.807, 2.05) is 30.3 Å². The molecule has 0 aliphatic carbocycles. The van der Waals surface area contributed by atoms with Crippen LogP contribution in [0.15, 0.2) is 67.0 Å². The van der Waals surface area contributed by atoms with E-state index in [1.165, 1.54) is 17.8 Å². The minimum absolute atomic E-state index is 0.208. The molecular formula is C23H22N6O4. The molecule has 2 aromatic heterocycles. The summed E-state index contributed by atoms with van der Waals surface area (Å²) in [4.78, 5) is 40.0. The SMILES string of the molecule is CC(=O)N[C@@H](Cc1c[nH]c2ccccc12)C(=O)NNC(=O)c1nn(-c2ccccc2)cc1O. The first-order chi connectivity index (χ1) is 15.9. The summed E-state index contributed by atoms with van der Waals surface area (Å²) in [5.41, 5.74) is 6.68. The van der Waals surface area contributed by atoms with E-state index in [0.29, 0.717) is 5.69 Å². The van der Waals surface area contributed by atoms with Crippen molar-refractivity contribution in [3.05, 3.63) is 78.2 Å². The molecule has 0 bridgehead atoms. The minimum atomic E-state index is -0.933. The van der Waals surface area contributed by atoms with Crippen molar-refractivity contribution in [3.63, 3.8) is 0 Å². The number of aromatic amines is 1. The van der Waals surface area contributed by atoms with Gasteiger partial charge in [0, 0.05) is 30.4 Å². The Morgan fingerprint density at radius 1 is 1.06 bits per heavy atom. The molecule has 0 saturated carbocycles. The van der Waals surface area contributed by atoms with E-state index in [0.717, 1.165) is 16.5 Å². The first-order valence-electron chi connectivity index (χ1n) is 10.2. The van der Waals surface area contributed by atoms with Crippen molar-refractivity contribution in [2.75, 3.05) is 0 Å². The first-order valence-corrected chi connectivity index (χ1v) is 10.2. The first kappa shape index (κ1) is 21.6. The number of aromatic nitrogens is 3. The lowest BCUT2D eigenvalue weighted by atomic mass is 10.0. The van der Waals surface area contributed by atoms with E-state index in [2.05, 4.69) is 26.3 Å². The van der Waals surface area contributed by atoms with Gasteiger partial charge in [0.05, 0.1) is 11.9 Å². The van der Waals surface area contributed by atoms with Crippen molar-refractivity contribution in [1.29, 1.82) is 0 Å². The van der Waals surface area contributed by atoms with E-state index in [-0.39, 0.29) is 23.8 Å². The van der Waals surface area contributed by atoms with E-state index < -0.39 is 17.9 Å². The average Bonchev–Trinajstić information content (AvgIpc) is 3.41. The molecule has 3 amide bonds. The van der Waals surface area contributed by atoms with Crippen LogP contribution < -0.4 is 16.2 Å². The lowest BCUT2D eigenvalue weighted by molar-refractivity contribution is -0.128. The number of nitrogens with one attached hydrogen (secondary N) is 4. The predicted octanol–water partition coefficient (Wildman–Crippen LogP) is 1.57. The highest BCUT2D eigenvalue weighted by Gasteiger charge is 2.23. The number of fused-ring (bicyclic) bond motifs is 1. The Morgan fingerprint density at radius 2 is 1.79 bits per heavy atom. The van der Waals surface area contributed by atoms with Gasteiger partial charge in [0.2, 0.25) is 5.91 Å². The summed E-state index contributed by atoms with van der Waals surface area (Å²) in [7, 11) is 0. The summed E-state index contributed by atoms with van der Waals surface area (Å²) in [5, 5.41) is 17.7. The maximum Gasteiger partial charge on any atom is 0.294 e. The lowest BCUT2D eigenvalue weighted by Gasteiger charge is -2.17. The number of carbonyl (C=O) groups excluding carboxylic acids is 3. The maximum absolute atomic E-state index is 12.7. The molecule has 168 valence electrons. The third-order valence-corrected chi connectivity index (χ3v) is 5.02. The van der Waals surface area contributed by atoms with Gasteiger partial charge in [-0.25, -0.2) is 4.68 Å². The number of rotatable bonds is 6. The molecule has 5 N–H and O–H groups in total. The van der Waals surface area contributed by atoms with Crippen LogP contribution in [-0.2, 0) is 16.0 Å². The van der Waals surface area contributed by atoms with Gasteiger partial charge >= 0.3 is 0 Å². The van der Waals surface area contributed by atoms with Crippen LogP contribution in [0.3, 0.4) is 0 Å². The van der Waals surface area contributed by atoms with Crippen molar-refractivity contribution in [2.24, 2.45) is 0 Å². The van der Waals surface area contributed by atoms with Gasteiger partial charge < -0.3 is 15.4 Å². The van der Waals surface area contributed by atoms with Crippen LogP contribution in [0.2, 0.25) is 0 Å². The number of carbonyl (C=O) groups is 3. The molecule has 0 radical (unpaired) electrons. The van der Waals surface area contributed by atoms with E-state index in [1.54, 1.807) is 30.5 Å². The van der Waals surface area contributed by atoms with Gasteiger partial charge in [0.15, 0.2) is 11.4 Å². The molecule has 2 aromatic carbocycles. The number of hydrogen-bond donors (Lipinski definition) is 5. The van der Waals surface area contributed by atoms with E-state index >= 15 is 0 Å². The van der Waals surface area contributed by atoms with Crippen molar-refractivity contribution < 1.29 is 19.5 Å². The molecule has 1 atom stereocenters. The van der Waals surface area contributed by atoms with Gasteiger partial charge in [-0.2, -0.15) is 5.10 Å². The number of amides is 3. The highest BCUT2D eigenvalue weighted by atomic mass is 16.3. The molecule has 2 heterocycles. The number of hydrazine groups is 1. The van der Waals surface area contributed by atoms with Crippen molar-refractivity contribution in [1.82, 2.24) is 30.9 Å². The van der Waals surface area contributed by atoms with E-state index in [9.17, 15) is 19.5 Å². The Labute approximate surface area is 188 Å². The van der Waals surface area contributed by atoms with Gasteiger partial charge in [-0.3, -0.25) is 25.2 Å². The number of H-pyrrole nitrogens is 1. The second-order valence-corrected chi connectivity index (χ2v) is 7.40. The highest BCUT2D eigenvalue weighted by Crippen LogP contribution is 2.20. The van der Waals surface area contributed by atoms with Crippen LogP contribution in [0.5, 0.6) is 5.75 Å². The Balaban J connectivity index is 1.45. The molecular weight excluding hydrogens is 424 g/mol. The fourth-order valence-corrected chi connectivity index (χ4v) is 3.48. The molecule has 10 heteroatoms. The van der Waals surface area contributed by atoms with Gasteiger partial charge in [0.1, 0.15) is 6.04 Å². The number of benzene rings is 2. The van der Waals surface area contributed by atoms with Gasteiger partial charge in [-0.15, -0.1) is 0 Å². The summed E-state index contributed by atoms with van der Waals surface area (Å²) >= 11 is 0. The zero-order valence-electron chi connectivity index (χ0n) is 17.7. The Kier molecular flexibility index (Phi) is 6.07. The topological polar surface area (TPSA) is 141 Å². The highest BCUT2D eigenvalue weighted by molar-refractivity contribution is 5.97. The van der Waals surface area contributed by atoms with Crippen LogP contribution in [0, 0.1) is 0 Å². The summed E-state index contributed by atoms with van der Waals surface area (Å²) in [6, 6.07) is 15.6. The summed E-state index contributed by atoms with van der Waals surface area (Å²) in [6.45, 7) is 1.31. The molecule has 0 aliphatic rings. The van der Waals surface area contributed by atoms with Crippen LogP contribution >= 0.6 is 0 Å². The normalized spacial score (nSPS) is 11.7. The Morgan fingerprint density at radius 3 is 2.55 bits per heavy atom. The van der Waals surface area contributed by atoms with Gasteiger partial charge in [-0.1, -0.05) is 36.4 Å². The summed E-state index contributed by atoms with van der Waals surface area (Å²) in [5.74, 6) is -2.15. The van der Waals surface area contributed by atoms with Gasteiger partial charge in [0.25, 0.3) is 11.8 Å². The largest absolute Gasteiger partial charge is 0.504 e. The summed E-state index contributed by atoms with van der Waals surface area (Å²) < 4.78 is 1.35. The monoisotopic (exact) mass is 446 g/mol. The van der Waals surface area contributed by atoms with Crippen LogP contribution in [-0.4, -0.2) is 43.6 Å². The second kappa shape index (κ2) is 9.27. The predicted molar refractivity (Wildman–Crippen MR) is 120 cm³/mol.